The number of rotatable bonds is 17. The fraction of sp³-hybridized carbons (Fsp3) is 0.581. The molecule has 0 atom stereocenters. The van der Waals surface area contributed by atoms with Crippen LogP contribution >= 0.6 is 0 Å². The van der Waals surface area contributed by atoms with E-state index in [1.165, 1.54) is 83.5 Å². The Balaban J connectivity index is 0.00000324. The molecule has 0 aromatic heterocycles. The van der Waals surface area contributed by atoms with Gasteiger partial charge in [-0.3, -0.25) is 4.79 Å². The second kappa shape index (κ2) is 18.0. The molecule has 4 heteroatoms. The Morgan fingerprint density at radius 2 is 1.29 bits per heavy atom. The van der Waals surface area contributed by atoms with Crippen LogP contribution in [0.3, 0.4) is 0 Å². The smallest absolute Gasteiger partial charge is 1.00 e. The molecule has 2 aromatic rings. The summed E-state index contributed by atoms with van der Waals surface area (Å²) in [4.78, 5) is 12.4. The zero-order chi connectivity index (χ0) is 23.8. The molecule has 0 saturated carbocycles. The maximum Gasteiger partial charge on any atom is 1.00 e. The molecule has 0 aliphatic carbocycles. The Morgan fingerprint density at radius 1 is 0.743 bits per heavy atom. The van der Waals surface area contributed by atoms with E-state index in [0.29, 0.717) is 12.2 Å². The summed E-state index contributed by atoms with van der Waals surface area (Å²) in [6.45, 7) is 2.28. The van der Waals surface area contributed by atoms with Crippen LogP contribution in [-0.4, -0.2) is 5.97 Å². The van der Waals surface area contributed by atoms with E-state index >= 15 is 0 Å². The second-order valence-corrected chi connectivity index (χ2v) is 9.79. The molecule has 0 unspecified atom stereocenters. The minimum atomic E-state index is -0.137. The maximum atomic E-state index is 12.4. The summed E-state index contributed by atoms with van der Waals surface area (Å²) in [6.07, 6.45) is 21.1. The van der Waals surface area contributed by atoms with Gasteiger partial charge in [0, 0.05) is 18.4 Å². The number of carbonyl (C=O) groups excluding carboxylic acids is 1. The van der Waals surface area contributed by atoms with E-state index in [4.69, 9.17) is 9.47 Å². The molecule has 3 nitrogen and oxygen atoms in total. The van der Waals surface area contributed by atoms with Crippen molar-refractivity contribution in [1.82, 2.24) is 0 Å². The molecule has 3 rings (SSSR count). The number of benzene rings is 2. The van der Waals surface area contributed by atoms with E-state index in [0.717, 1.165) is 41.9 Å². The van der Waals surface area contributed by atoms with Crippen molar-refractivity contribution in [2.45, 2.75) is 116 Å². The standard InChI is InChI=1S/C31H44O3.Na.H/c1-2-3-4-5-6-7-8-9-10-11-12-13-14-15-16-24-31(32)34-30-23-19-22-29-27(30)25-26-20-17-18-21-28(26)33-29;;/h17-23H,2-16,24-25H2,1H3;;/q;+1;-1. The molecule has 0 spiro atoms. The van der Waals surface area contributed by atoms with E-state index < -0.39 is 0 Å². The van der Waals surface area contributed by atoms with E-state index in [-0.39, 0.29) is 37.0 Å². The van der Waals surface area contributed by atoms with Gasteiger partial charge in [0.05, 0.1) is 0 Å². The van der Waals surface area contributed by atoms with Crippen molar-refractivity contribution in [2.75, 3.05) is 0 Å². The summed E-state index contributed by atoms with van der Waals surface area (Å²) in [6, 6.07) is 13.7. The molecule has 0 radical (unpaired) electrons. The molecule has 1 heterocycles. The summed E-state index contributed by atoms with van der Waals surface area (Å²) < 4.78 is 11.7. The third-order valence-electron chi connectivity index (χ3n) is 6.86. The normalized spacial score (nSPS) is 11.7. The molecule has 2 aromatic carbocycles. The van der Waals surface area contributed by atoms with Crippen LogP contribution in [0.5, 0.6) is 17.2 Å². The first-order chi connectivity index (χ1) is 16.8. The molecule has 1 aliphatic heterocycles. The summed E-state index contributed by atoms with van der Waals surface area (Å²) in [7, 11) is 0. The third kappa shape index (κ3) is 11.1. The third-order valence-corrected chi connectivity index (χ3v) is 6.86. The molecule has 1 aliphatic rings. The number of fused-ring (bicyclic) bond motifs is 2. The van der Waals surface area contributed by atoms with Gasteiger partial charge in [0.1, 0.15) is 17.2 Å². The van der Waals surface area contributed by atoms with Gasteiger partial charge in [-0.25, -0.2) is 0 Å². The van der Waals surface area contributed by atoms with Crippen LogP contribution in [0, 0.1) is 0 Å². The fourth-order valence-corrected chi connectivity index (χ4v) is 4.78. The minimum Gasteiger partial charge on any atom is -1.00 e. The number of esters is 1. The number of unbranched alkanes of at least 4 members (excludes halogenated alkanes) is 14. The van der Waals surface area contributed by atoms with Gasteiger partial charge in [-0.1, -0.05) is 121 Å². The molecular formula is C31H45NaO3. The monoisotopic (exact) mass is 488 g/mol. The number of para-hydroxylation sites is 1. The van der Waals surface area contributed by atoms with Crippen LogP contribution in [0.1, 0.15) is 122 Å². The van der Waals surface area contributed by atoms with Gasteiger partial charge in [0.2, 0.25) is 0 Å². The van der Waals surface area contributed by atoms with Crippen molar-refractivity contribution in [3.63, 3.8) is 0 Å². The molecule has 0 fully saturated rings. The molecule has 0 saturated heterocycles. The zero-order valence-corrected chi connectivity index (χ0v) is 24.3. The average Bonchev–Trinajstić information content (AvgIpc) is 2.85. The Kier molecular flexibility index (Phi) is 15.4. The first-order valence-corrected chi connectivity index (χ1v) is 13.9. The van der Waals surface area contributed by atoms with Gasteiger partial charge in [0.15, 0.2) is 0 Å². The fourth-order valence-electron chi connectivity index (χ4n) is 4.78. The number of ether oxygens (including phenoxy) is 2. The number of hydrogen-bond donors (Lipinski definition) is 0. The van der Waals surface area contributed by atoms with E-state index in [2.05, 4.69) is 13.0 Å². The van der Waals surface area contributed by atoms with Gasteiger partial charge in [-0.15, -0.1) is 0 Å². The summed E-state index contributed by atoms with van der Waals surface area (Å²) in [5, 5.41) is 0. The summed E-state index contributed by atoms with van der Waals surface area (Å²) in [5.74, 6) is 2.17. The number of carbonyl (C=O) groups is 1. The largest absolute Gasteiger partial charge is 1.00 e. The van der Waals surface area contributed by atoms with Crippen LogP contribution in [0.15, 0.2) is 42.5 Å². The molecule has 188 valence electrons. The molecular weight excluding hydrogens is 443 g/mol. The first-order valence-electron chi connectivity index (χ1n) is 13.9. The van der Waals surface area contributed by atoms with Gasteiger partial charge >= 0.3 is 35.5 Å². The van der Waals surface area contributed by atoms with Crippen LogP contribution < -0.4 is 39.0 Å². The predicted octanol–water partition coefficient (Wildman–Crippen LogP) is 6.67. The van der Waals surface area contributed by atoms with Crippen molar-refractivity contribution >= 4 is 5.97 Å². The van der Waals surface area contributed by atoms with Crippen LogP contribution in [0.4, 0.5) is 0 Å². The van der Waals surface area contributed by atoms with Gasteiger partial charge in [0.25, 0.3) is 0 Å². The van der Waals surface area contributed by atoms with Crippen LogP contribution in [0.2, 0.25) is 0 Å². The van der Waals surface area contributed by atoms with Gasteiger partial charge in [-0.05, 0) is 30.2 Å². The Hall–Kier alpha value is -1.29. The van der Waals surface area contributed by atoms with Crippen molar-refractivity contribution in [1.29, 1.82) is 0 Å². The number of hydrogen-bond acceptors (Lipinski definition) is 3. The summed E-state index contributed by atoms with van der Waals surface area (Å²) in [5.41, 5.74) is 2.09. The quantitative estimate of drug-likeness (QED) is 0.0922. The molecule has 0 bridgehead atoms. The minimum absolute atomic E-state index is 0. The topological polar surface area (TPSA) is 35.5 Å². The Morgan fingerprint density at radius 3 is 1.91 bits per heavy atom. The zero-order valence-electron chi connectivity index (χ0n) is 23.3. The Bertz CT molecular complexity index is 871. The Labute approximate surface area is 237 Å². The second-order valence-electron chi connectivity index (χ2n) is 9.79. The van der Waals surface area contributed by atoms with Crippen LogP contribution in [-0.2, 0) is 11.2 Å². The van der Waals surface area contributed by atoms with Gasteiger partial charge < -0.3 is 10.9 Å². The summed E-state index contributed by atoms with van der Waals surface area (Å²) >= 11 is 0. The van der Waals surface area contributed by atoms with Crippen molar-refractivity contribution in [3.8, 4) is 17.2 Å². The average molecular weight is 489 g/mol. The van der Waals surface area contributed by atoms with Crippen LogP contribution in [0.25, 0.3) is 0 Å². The van der Waals surface area contributed by atoms with Crippen molar-refractivity contribution in [2.24, 2.45) is 0 Å². The van der Waals surface area contributed by atoms with Crippen molar-refractivity contribution < 1.29 is 45.3 Å². The maximum absolute atomic E-state index is 12.4. The molecule has 0 amide bonds. The SMILES string of the molecule is CCCCCCCCCCCCCCCCCC(=O)Oc1cccc2c1Cc1ccccc1O2.[H-].[Na+]. The predicted molar refractivity (Wildman–Crippen MR) is 142 cm³/mol. The first kappa shape index (κ1) is 29.9. The van der Waals surface area contributed by atoms with E-state index in [1.54, 1.807) is 0 Å². The van der Waals surface area contributed by atoms with E-state index in [9.17, 15) is 4.79 Å². The van der Waals surface area contributed by atoms with Crippen molar-refractivity contribution in [3.05, 3.63) is 53.6 Å². The molecule has 35 heavy (non-hydrogen) atoms. The molecule has 0 N–H and O–H groups in total. The van der Waals surface area contributed by atoms with Gasteiger partial charge in [-0.2, -0.15) is 0 Å². The van der Waals surface area contributed by atoms with E-state index in [1.807, 2.05) is 36.4 Å².